The van der Waals surface area contributed by atoms with Crippen molar-refractivity contribution >= 4 is 17.5 Å². The second-order valence-electron chi connectivity index (χ2n) is 6.45. The third-order valence-electron chi connectivity index (χ3n) is 4.21. The van der Waals surface area contributed by atoms with Crippen LogP contribution in [0.1, 0.15) is 25.0 Å². The zero-order chi connectivity index (χ0) is 18.8. The zero-order valence-electron chi connectivity index (χ0n) is 14.9. The summed E-state index contributed by atoms with van der Waals surface area (Å²) in [6.07, 6.45) is 6.28. The van der Waals surface area contributed by atoms with Crippen LogP contribution in [-0.4, -0.2) is 56.0 Å². The van der Waals surface area contributed by atoms with Crippen LogP contribution in [0.5, 0.6) is 5.88 Å². The summed E-state index contributed by atoms with van der Waals surface area (Å²) in [5, 5.41) is 18.1. The van der Waals surface area contributed by atoms with Crippen molar-refractivity contribution in [2.24, 2.45) is 4.99 Å². The minimum absolute atomic E-state index is 0.226. The van der Waals surface area contributed by atoms with Crippen LogP contribution in [0.25, 0.3) is 11.7 Å². The van der Waals surface area contributed by atoms with Crippen LogP contribution in [0, 0.1) is 0 Å². The molecule has 0 bridgehead atoms. The lowest BCUT2D eigenvalue weighted by atomic mass is 10.3. The smallest absolute Gasteiger partial charge is 0.326 e. The molecular weight excluding hydrogens is 350 g/mol. The van der Waals surface area contributed by atoms with E-state index in [4.69, 9.17) is 9.73 Å². The standard InChI is InChI=1S/C17H21N7O3/c1-27-6-2-5-18-13-8-14(20-11-3-4-11)24-15(22-13)10(9-19-24)7-12-16(25)23-17(26)21-12/h7-9,11,18,25H,2-6H2,1H3,(H2,21,23,26)/b10-7+,20-14?. The van der Waals surface area contributed by atoms with Crippen molar-refractivity contribution in [2.45, 2.75) is 25.3 Å². The molecule has 1 saturated carbocycles. The fourth-order valence-corrected chi connectivity index (χ4v) is 2.72. The van der Waals surface area contributed by atoms with Gasteiger partial charge in [-0.05, 0) is 25.3 Å². The molecule has 0 radical (unpaired) electrons. The van der Waals surface area contributed by atoms with Crippen LogP contribution in [0.15, 0.2) is 22.1 Å². The van der Waals surface area contributed by atoms with Gasteiger partial charge >= 0.3 is 5.69 Å². The molecule has 3 heterocycles. The predicted octanol–water partition coefficient (Wildman–Crippen LogP) is -0.489. The molecule has 1 aliphatic carbocycles. The highest BCUT2D eigenvalue weighted by molar-refractivity contribution is 5.57. The van der Waals surface area contributed by atoms with E-state index in [2.05, 4.69) is 25.4 Å². The Balaban J connectivity index is 1.79. The third-order valence-corrected chi connectivity index (χ3v) is 4.21. The minimum Gasteiger partial charge on any atom is -0.493 e. The number of hydrogen-bond donors (Lipinski definition) is 4. The number of hydrogen-bond acceptors (Lipinski definition) is 7. The number of aromatic nitrogens is 5. The first-order valence-corrected chi connectivity index (χ1v) is 8.82. The van der Waals surface area contributed by atoms with Crippen molar-refractivity contribution in [1.82, 2.24) is 24.6 Å². The molecule has 10 nitrogen and oxygen atoms in total. The molecule has 3 aromatic heterocycles. The number of methoxy groups -OCH3 is 1. The van der Waals surface area contributed by atoms with Crippen LogP contribution in [0.3, 0.4) is 0 Å². The van der Waals surface area contributed by atoms with Gasteiger partial charge in [0.25, 0.3) is 0 Å². The van der Waals surface area contributed by atoms with E-state index in [-0.39, 0.29) is 11.6 Å². The Labute approximate surface area is 153 Å². The van der Waals surface area contributed by atoms with Gasteiger partial charge in [0.15, 0.2) is 11.1 Å². The molecule has 0 atom stereocenters. The summed E-state index contributed by atoms with van der Waals surface area (Å²) >= 11 is 0. The Morgan fingerprint density at radius 1 is 1.48 bits per heavy atom. The number of nitrogens with zero attached hydrogens (tertiary/aromatic N) is 4. The lowest BCUT2D eigenvalue weighted by molar-refractivity contribution is 0.198. The molecule has 10 heteroatoms. The van der Waals surface area contributed by atoms with Gasteiger partial charge in [-0.25, -0.2) is 9.78 Å². The molecule has 1 fully saturated rings. The van der Waals surface area contributed by atoms with Crippen molar-refractivity contribution in [1.29, 1.82) is 0 Å². The number of anilines is 1. The molecule has 0 aromatic carbocycles. The highest BCUT2D eigenvalue weighted by Gasteiger charge is 2.20. The first-order chi connectivity index (χ1) is 13.1. The summed E-state index contributed by atoms with van der Waals surface area (Å²) in [4.78, 5) is 25.5. The normalized spacial score (nSPS) is 15.7. The largest absolute Gasteiger partial charge is 0.493 e. The number of fused-ring (bicyclic) bond motifs is 1. The van der Waals surface area contributed by atoms with Crippen molar-refractivity contribution in [3.63, 3.8) is 0 Å². The maximum absolute atomic E-state index is 11.3. The summed E-state index contributed by atoms with van der Waals surface area (Å²) in [6.45, 7) is 1.39. The van der Waals surface area contributed by atoms with E-state index in [0.29, 0.717) is 29.3 Å². The van der Waals surface area contributed by atoms with Gasteiger partial charge in [-0.3, -0.25) is 9.98 Å². The maximum atomic E-state index is 11.3. The Bertz CT molecular complexity index is 1120. The molecule has 0 saturated heterocycles. The highest BCUT2D eigenvalue weighted by Crippen LogP contribution is 2.22. The maximum Gasteiger partial charge on any atom is 0.326 e. The molecule has 1 aliphatic rings. The summed E-state index contributed by atoms with van der Waals surface area (Å²) in [5.41, 5.74) is 1.11. The van der Waals surface area contributed by atoms with Gasteiger partial charge in [-0.15, -0.1) is 0 Å². The first kappa shape index (κ1) is 17.3. The van der Waals surface area contributed by atoms with E-state index in [9.17, 15) is 9.90 Å². The molecule has 4 N–H and O–H groups in total. The number of rotatable bonds is 7. The Morgan fingerprint density at radius 3 is 3.04 bits per heavy atom. The Hall–Kier alpha value is -3.14. The molecular formula is C17H21N7O3. The average Bonchev–Trinajstić information content (AvgIpc) is 3.28. The number of ether oxygens (including phenoxy) is 1. The van der Waals surface area contributed by atoms with E-state index in [1.165, 1.54) is 0 Å². The van der Waals surface area contributed by atoms with Gasteiger partial charge < -0.3 is 20.1 Å². The van der Waals surface area contributed by atoms with E-state index < -0.39 is 5.69 Å². The van der Waals surface area contributed by atoms with Crippen LogP contribution in [0.2, 0.25) is 0 Å². The summed E-state index contributed by atoms with van der Waals surface area (Å²) in [7, 11) is 1.67. The molecule has 0 aliphatic heterocycles. The quantitative estimate of drug-likeness (QED) is 0.414. The van der Waals surface area contributed by atoms with E-state index in [1.54, 1.807) is 23.9 Å². The molecule has 27 heavy (non-hydrogen) atoms. The first-order valence-electron chi connectivity index (χ1n) is 8.82. The fraction of sp³-hybridized carbons (Fsp3) is 0.412. The molecule has 0 spiro atoms. The SMILES string of the molecule is COCCCNc1cc(=NC2CC2)n2nc/c(=C\c3[nH]c(=O)[nH]c3O)c2n1. The number of imidazole rings is 1. The number of aromatic hydroxyl groups is 1. The van der Waals surface area contributed by atoms with Crippen molar-refractivity contribution in [3.05, 3.63) is 39.1 Å². The van der Waals surface area contributed by atoms with Crippen molar-refractivity contribution in [2.75, 3.05) is 25.6 Å². The second-order valence-corrected chi connectivity index (χ2v) is 6.45. The third kappa shape index (κ3) is 3.85. The molecule has 3 aromatic rings. The summed E-state index contributed by atoms with van der Waals surface area (Å²) < 4.78 is 6.74. The summed E-state index contributed by atoms with van der Waals surface area (Å²) in [6, 6.07) is 2.21. The highest BCUT2D eigenvalue weighted by atomic mass is 16.5. The molecule has 4 rings (SSSR count). The van der Waals surface area contributed by atoms with Crippen molar-refractivity contribution in [3.8, 4) is 5.88 Å². The Morgan fingerprint density at radius 2 is 2.33 bits per heavy atom. The van der Waals surface area contributed by atoms with Crippen LogP contribution in [-0.2, 0) is 4.74 Å². The average molecular weight is 371 g/mol. The lowest BCUT2D eigenvalue weighted by Gasteiger charge is -2.06. The molecule has 0 unspecified atom stereocenters. The summed E-state index contributed by atoms with van der Waals surface area (Å²) in [5.74, 6) is 0.469. The van der Waals surface area contributed by atoms with Gasteiger partial charge in [-0.2, -0.15) is 9.61 Å². The predicted molar refractivity (Wildman–Crippen MR) is 98.4 cm³/mol. The van der Waals surface area contributed by atoms with E-state index in [0.717, 1.165) is 31.3 Å². The van der Waals surface area contributed by atoms with Gasteiger partial charge in [0.05, 0.1) is 12.2 Å². The van der Waals surface area contributed by atoms with Gasteiger partial charge in [0, 0.05) is 31.5 Å². The monoisotopic (exact) mass is 371 g/mol. The van der Waals surface area contributed by atoms with Crippen LogP contribution in [0.4, 0.5) is 5.82 Å². The van der Waals surface area contributed by atoms with E-state index >= 15 is 0 Å². The molecule has 142 valence electrons. The Kier molecular flexibility index (Phi) is 4.63. The second kappa shape index (κ2) is 7.23. The zero-order valence-corrected chi connectivity index (χ0v) is 14.9. The van der Waals surface area contributed by atoms with E-state index in [1.807, 2.05) is 6.07 Å². The minimum atomic E-state index is -0.479. The van der Waals surface area contributed by atoms with Crippen LogP contribution < -0.4 is 21.7 Å². The van der Waals surface area contributed by atoms with Crippen molar-refractivity contribution < 1.29 is 9.84 Å². The van der Waals surface area contributed by atoms with Gasteiger partial charge in [0.1, 0.15) is 11.5 Å². The number of nitrogens with one attached hydrogen (secondary N) is 3. The lowest BCUT2D eigenvalue weighted by Crippen LogP contribution is -2.21. The van der Waals surface area contributed by atoms with Gasteiger partial charge in [-0.1, -0.05) is 0 Å². The van der Waals surface area contributed by atoms with Gasteiger partial charge in [0.2, 0.25) is 5.88 Å². The topological polar surface area (TPSA) is 133 Å². The number of aromatic amines is 2. The molecule has 0 amide bonds. The fourth-order valence-electron chi connectivity index (χ4n) is 2.72. The van der Waals surface area contributed by atoms with Crippen LogP contribution >= 0.6 is 0 Å². The number of H-pyrrole nitrogens is 2.